The van der Waals surface area contributed by atoms with Gasteiger partial charge in [-0.15, -0.1) is 0 Å². The molecule has 6 nitrogen and oxygen atoms in total. The Morgan fingerprint density at radius 3 is 2.74 bits per heavy atom. The van der Waals surface area contributed by atoms with Gasteiger partial charge in [0.2, 0.25) is 0 Å². The monoisotopic (exact) mass is 482 g/mol. The molecule has 4 heterocycles. The summed E-state index contributed by atoms with van der Waals surface area (Å²) >= 11 is 6.06. The van der Waals surface area contributed by atoms with Gasteiger partial charge in [-0.25, -0.2) is 23.7 Å². The van der Waals surface area contributed by atoms with Crippen LogP contribution in [0.3, 0.4) is 0 Å². The summed E-state index contributed by atoms with van der Waals surface area (Å²) < 4.78 is 35.8. The van der Waals surface area contributed by atoms with Crippen molar-refractivity contribution in [2.24, 2.45) is 0 Å². The van der Waals surface area contributed by atoms with Crippen molar-refractivity contribution in [3.05, 3.63) is 92.4 Å². The maximum absolute atomic E-state index is 14.8. The van der Waals surface area contributed by atoms with E-state index < -0.39 is 11.6 Å². The van der Waals surface area contributed by atoms with Crippen molar-refractivity contribution >= 4 is 17.2 Å². The van der Waals surface area contributed by atoms with Crippen LogP contribution in [-0.2, 0) is 4.74 Å². The molecule has 1 aliphatic heterocycles. The highest BCUT2D eigenvalue weighted by molar-refractivity contribution is 6.29. The molecular formula is C25H21ClF2N4O2. The molecular weight excluding hydrogens is 462 g/mol. The average Bonchev–Trinajstić information content (AvgIpc) is 2.82. The van der Waals surface area contributed by atoms with E-state index in [4.69, 9.17) is 21.3 Å². The summed E-state index contributed by atoms with van der Waals surface area (Å²) in [7, 11) is 0. The zero-order chi connectivity index (χ0) is 24.0. The summed E-state index contributed by atoms with van der Waals surface area (Å²) in [5.74, 6) is -1.52. The van der Waals surface area contributed by atoms with Crippen LogP contribution in [0.4, 0.5) is 8.78 Å². The molecule has 1 aromatic carbocycles. The molecule has 174 valence electrons. The number of hydrogen-bond donors (Lipinski definition) is 0. The van der Waals surface area contributed by atoms with Gasteiger partial charge in [0.1, 0.15) is 22.5 Å². The van der Waals surface area contributed by atoms with Crippen LogP contribution in [0.25, 0.3) is 16.9 Å². The van der Waals surface area contributed by atoms with E-state index >= 15 is 0 Å². The lowest BCUT2D eigenvalue weighted by Crippen LogP contribution is -2.24. The van der Waals surface area contributed by atoms with E-state index in [0.717, 1.165) is 11.6 Å². The average molecular weight is 483 g/mol. The number of nitrogens with zero attached hydrogens (tertiary/aromatic N) is 4. The topological polar surface area (TPSA) is 69.4 Å². The van der Waals surface area contributed by atoms with Crippen LogP contribution in [0, 0.1) is 25.5 Å². The molecule has 0 bridgehead atoms. The number of ether oxygens (including phenoxy) is 1. The van der Waals surface area contributed by atoms with Crippen LogP contribution in [-0.4, -0.2) is 26.0 Å². The largest absolute Gasteiger partial charge is 0.373 e. The third kappa shape index (κ3) is 4.08. The Kier molecular flexibility index (Phi) is 5.87. The highest BCUT2D eigenvalue weighted by Crippen LogP contribution is 2.38. The number of halogens is 3. The number of benzene rings is 1. The van der Waals surface area contributed by atoms with Crippen LogP contribution in [0.2, 0.25) is 5.15 Å². The van der Waals surface area contributed by atoms with Crippen LogP contribution in [0.15, 0.2) is 47.5 Å². The summed E-state index contributed by atoms with van der Waals surface area (Å²) in [6.45, 7) is 3.90. The van der Waals surface area contributed by atoms with Gasteiger partial charge in [-0.05, 0) is 56.5 Å². The smallest absolute Gasteiger partial charge is 0.261 e. The first kappa shape index (κ1) is 22.6. The Bertz CT molecular complexity index is 1470. The van der Waals surface area contributed by atoms with Crippen molar-refractivity contribution in [1.29, 1.82) is 0 Å². The summed E-state index contributed by atoms with van der Waals surface area (Å²) in [5, 5.41) is 0.379. The molecule has 9 heteroatoms. The predicted molar refractivity (Wildman–Crippen MR) is 124 cm³/mol. The number of fused-ring (bicyclic) bond motifs is 1. The molecule has 3 aromatic heterocycles. The lowest BCUT2D eigenvalue weighted by Gasteiger charge is -2.30. The molecule has 0 aliphatic carbocycles. The van der Waals surface area contributed by atoms with E-state index in [1.54, 1.807) is 32.3 Å². The normalized spacial score (nSPS) is 18.4. The molecule has 0 N–H and O–H groups in total. The van der Waals surface area contributed by atoms with Gasteiger partial charge in [-0.2, -0.15) is 0 Å². The minimum atomic E-state index is -0.768. The van der Waals surface area contributed by atoms with Gasteiger partial charge < -0.3 is 4.74 Å². The van der Waals surface area contributed by atoms with E-state index in [9.17, 15) is 13.6 Å². The Morgan fingerprint density at radius 2 is 1.97 bits per heavy atom. The van der Waals surface area contributed by atoms with Gasteiger partial charge in [0.15, 0.2) is 5.65 Å². The van der Waals surface area contributed by atoms with Gasteiger partial charge >= 0.3 is 0 Å². The second-order valence-corrected chi connectivity index (χ2v) is 8.84. The van der Waals surface area contributed by atoms with Gasteiger partial charge in [0, 0.05) is 47.8 Å². The number of hydrogen-bond acceptors (Lipinski definition) is 5. The van der Waals surface area contributed by atoms with Crippen LogP contribution >= 0.6 is 11.6 Å². The molecule has 0 unspecified atom stereocenters. The quantitative estimate of drug-likeness (QED) is 0.369. The molecule has 0 radical (unpaired) electrons. The maximum atomic E-state index is 14.8. The third-order valence-corrected chi connectivity index (χ3v) is 6.52. The van der Waals surface area contributed by atoms with E-state index in [0.29, 0.717) is 41.6 Å². The first-order valence-corrected chi connectivity index (χ1v) is 11.3. The Labute approximate surface area is 199 Å². The summed E-state index contributed by atoms with van der Waals surface area (Å²) in [4.78, 5) is 26.4. The standard InChI is InChI=1S/C25H21ClF2N4O2/c1-13-14(2)30-24-23(18-4-3-17(27)11-19(18)28)31-20(12-32(24)25(13)33)15-6-8-34-21(9-15)16-5-7-29-22(26)10-16/h3-5,7,10-12,15,21H,6,8-9H2,1-2H3/t15-,21+/m0/s1. The number of aryl methyl sites for hydroxylation is 1. The summed E-state index contributed by atoms with van der Waals surface area (Å²) in [5.41, 5.74) is 2.81. The van der Waals surface area contributed by atoms with Crippen molar-refractivity contribution < 1.29 is 13.5 Å². The summed E-state index contributed by atoms with van der Waals surface area (Å²) in [6.07, 6.45) is 4.35. The second kappa shape index (κ2) is 8.85. The number of aromatic nitrogens is 4. The van der Waals surface area contributed by atoms with E-state index in [2.05, 4.69) is 9.97 Å². The molecule has 0 spiro atoms. The second-order valence-electron chi connectivity index (χ2n) is 8.45. The van der Waals surface area contributed by atoms with Crippen molar-refractivity contribution in [1.82, 2.24) is 19.4 Å². The minimum absolute atomic E-state index is 0.0640. The van der Waals surface area contributed by atoms with Gasteiger partial charge in [-0.1, -0.05) is 11.6 Å². The first-order valence-electron chi connectivity index (χ1n) is 10.9. The zero-order valence-electron chi connectivity index (χ0n) is 18.6. The highest BCUT2D eigenvalue weighted by atomic mass is 35.5. The maximum Gasteiger partial charge on any atom is 0.261 e. The SMILES string of the molecule is Cc1nc2c(-c3ccc(F)cc3F)nc([C@H]3CCO[C@@H](c4ccnc(Cl)c4)C3)cn2c(=O)c1C. The van der Waals surface area contributed by atoms with Crippen molar-refractivity contribution in [3.8, 4) is 11.3 Å². The number of rotatable bonds is 3. The molecule has 1 aliphatic rings. The molecule has 0 amide bonds. The molecule has 2 atom stereocenters. The van der Waals surface area contributed by atoms with Crippen molar-refractivity contribution in [3.63, 3.8) is 0 Å². The lowest BCUT2D eigenvalue weighted by atomic mass is 9.89. The van der Waals surface area contributed by atoms with E-state index in [-0.39, 0.29) is 34.5 Å². The van der Waals surface area contributed by atoms with Gasteiger partial charge in [0.25, 0.3) is 5.56 Å². The third-order valence-electron chi connectivity index (χ3n) is 6.31. The molecule has 5 rings (SSSR count). The Balaban J connectivity index is 1.66. The Morgan fingerprint density at radius 1 is 1.15 bits per heavy atom. The van der Waals surface area contributed by atoms with Crippen LogP contribution < -0.4 is 5.56 Å². The molecule has 0 saturated carbocycles. The summed E-state index contributed by atoms with van der Waals surface area (Å²) in [6, 6.07) is 6.91. The molecule has 4 aromatic rings. The van der Waals surface area contributed by atoms with Crippen molar-refractivity contribution in [2.45, 2.75) is 38.7 Å². The Hall–Kier alpha value is -3.23. The molecule has 34 heavy (non-hydrogen) atoms. The van der Waals surface area contributed by atoms with Crippen LogP contribution in [0.5, 0.6) is 0 Å². The highest BCUT2D eigenvalue weighted by Gasteiger charge is 2.28. The minimum Gasteiger partial charge on any atom is -0.373 e. The first-order chi connectivity index (χ1) is 16.3. The van der Waals surface area contributed by atoms with E-state index in [1.807, 2.05) is 6.07 Å². The molecule has 1 saturated heterocycles. The van der Waals surface area contributed by atoms with Crippen molar-refractivity contribution in [2.75, 3.05) is 6.61 Å². The van der Waals surface area contributed by atoms with Gasteiger partial charge in [0.05, 0.1) is 11.8 Å². The van der Waals surface area contributed by atoms with Gasteiger partial charge in [-0.3, -0.25) is 9.20 Å². The lowest BCUT2D eigenvalue weighted by molar-refractivity contribution is 0.00455. The van der Waals surface area contributed by atoms with E-state index in [1.165, 1.54) is 16.5 Å². The zero-order valence-corrected chi connectivity index (χ0v) is 19.3. The fraction of sp³-hybridized carbons (Fsp3) is 0.280. The predicted octanol–water partition coefficient (Wildman–Crippen LogP) is 5.34. The molecule has 1 fully saturated rings. The number of pyridine rings is 1. The van der Waals surface area contributed by atoms with Crippen LogP contribution in [0.1, 0.15) is 47.4 Å². The fourth-order valence-corrected chi connectivity index (χ4v) is 4.51. The fourth-order valence-electron chi connectivity index (χ4n) is 4.33.